The molecule has 2 atom stereocenters. The Bertz CT molecular complexity index is 1020. The summed E-state index contributed by atoms with van der Waals surface area (Å²) < 4.78 is 4.87. The lowest BCUT2D eigenvalue weighted by molar-refractivity contribution is -0.153. The van der Waals surface area contributed by atoms with Gasteiger partial charge in [-0.25, -0.2) is 14.8 Å². The number of hydrogen-bond donors (Lipinski definition) is 3. The fourth-order valence-electron chi connectivity index (χ4n) is 3.25. The maximum atomic E-state index is 12.6. The molecule has 0 fully saturated rings. The summed E-state index contributed by atoms with van der Waals surface area (Å²) in [4.78, 5) is 31.7. The van der Waals surface area contributed by atoms with Crippen molar-refractivity contribution in [2.45, 2.75) is 31.9 Å². The maximum absolute atomic E-state index is 12.6. The quantitative estimate of drug-likeness (QED) is 0.442. The second-order valence-electron chi connectivity index (χ2n) is 7.21. The highest BCUT2D eigenvalue weighted by atomic mass is 16.5. The van der Waals surface area contributed by atoms with E-state index < -0.39 is 30.0 Å². The molecule has 1 aromatic heterocycles. The monoisotopic (exact) mass is 435 g/mol. The third kappa shape index (κ3) is 6.36. The van der Waals surface area contributed by atoms with Crippen LogP contribution in [0.5, 0.6) is 6.01 Å². The minimum Gasteiger partial charge on any atom is -0.479 e. The summed E-state index contributed by atoms with van der Waals surface area (Å²) in [6.45, 7) is 1.81. The molecule has 0 saturated heterocycles. The van der Waals surface area contributed by atoms with Crippen LogP contribution < -0.4 is 5.32 Å². The Morgan fingerprint density at radius 3 is 2.25 bits per heavy atom. The number of amides is 1. The van der Waals surface area contributed by atoms with Gasteiger partial charge in [0, 0.05) is 24.9 Å². The van der Waals surface area contributed by atoms with Crippen molar-refractivity contribution in [2.75, 3.05) is 6.61 Å². The molecule has 32 heavy (non-hydrogen) atoms. The molecule has 2 aromatic carbocycles. The van der Waals surface area contributed by atoms with Crippen molar-refractivity contribution < 1.29 is 24.5 Å². The van der Waals surface area contributed by atoms with Crippen molar-refractivity contribution in [1.29, 1.82) is 0 Å². The zero-order chi connectivity index (χ0) is 22.9. The number of hydrogen-bond acceptors (Lipinski definition) is 7. The topological polar surface area (TPSA) is 122 Å². The summed E-state index contributed by atoms with van der Waals surface area (Å²) in [6.07, 6.45) is 1.39. The van der Waals surface area contributed by atoms with Crippen LogP contribution in [0.25, 0.3) is 11.1 Å². The van der Waals surface area contributed by atoms with Gasteiger partial charge in [0.25, 0.3) is 5.91 Å². The van der Waals surface area contributed by atoms with Gasteiger partial charge >= 0.3 is 12.0 Å². The SMILES string of the molecule is CCOC(=O)[C@H](O)C[C@@H](Cc1ccc(-c2ccccc2)cc1)NC(=O)c1cnc(O)nc1. The summed E-state index contributed by atoms with van der Waals surface area (Å²) in [6, 6.07) is 16.8. The minimum atomic E-state index is -1.38. The predicted molar refractivity (Wildman–Crippen MR) is 118 cm³/mol. The molecule has 0 spiro atoms. The first kappa shape index (κ1) is 22.9. The molecule has 0 aliphatic carbocycles. The van der Waals surface area contributed by atoms with E-state index in [2.05, 4.69) is 15.3 Å². The number of aromatic hydroxyl groups is 1. The first-order valence-electron chi connectivity index (χ1n) is 10.3. The standard InChI is InChI=1S/C24H25N3O5/c1-2-32-23(30)21(28)13-20(27-22(29)19-14-25-24(31)26-15-19)12-16-8-10-18(11-9-16)17-6-4-3-5-7-17/h3-11,14-15,20-21,28H,2,12-13H2,1H3,(H,27,29)(H,25,26,31)/t20-,21-/m1/s1. The second-order valence-corrected chi connectivity index (χ2v) is 7.21. The summed E-state index contributed by atoms with van der Waals surface area (Å²) in [5.74, 6) is -1.22. The van der Waals surface area contributed by atoms with Crippen molar-refractivity contribution in [1.82, 2.24) is 15.3 Å². The lowest BCUT2D eigenvalue weighted by atomic mass is 9.97. The molecule has 3 aromatic rings. The number of ether oxygens (including phenoxy) is 1. The number of benzene rings is 2. The molecule has 0 saturated carbocycles. The number of aromatic nitrogens is 2. The zero-order valence-electron chi connectivity index (χ0n) is 17.6. The Labute approximate surface area is 185 Å². The number of rotatable bonds is 9. The van der Waals surface area contributed by atoms with Crippen molar-refractivity contribution in [3.8, 4) is 17.1 Å². The number of carbonyl (C=O) groups is 2. The third-order valence-electron chi connectivity index (χ3n) is 4.85. The van der Waals surface area contributed by atoms with Crippen LogP contribution in [0.15, 0.2) is 67.0 Å². The van der Waals surface area contributed by atoms with E-state index in [1.807, 2.05) is 54.6 Å². The fourth-order valence-corrected chi connectivity index (χ4v) is 3.25. The zero-order valence-corrected chi connectivity index (χ0v) is 17.6. The summed E-state index contributed by atoms with van der Waals surface area (Å²) in [5, 5.41) is 22.2. The second kappa shape index (κ2) is 11.0. The van der Waals surface area contributed by atoms with Gasteiger partial charge in [0.2, 0.25) is 0 Å². The predicted octanol–water partition coefficient (Wildman–Crippen LogP) is 2.50. The van der Waals surface area contributed by atoms with Gasteiger partial charge in [-0.2, -0.15) is 0 Å². The first-order valence-corrected chi connectivity index (χ1v) is 10.3. The molecule has 8 heteroatoms. The van der Waals surface area contributed by atoms with E-state index >= 15 is 0 Å². The molecule has 8 nitrogen and oxygen atoms in total. The van der Waals surface area contributed by atoms with Crippen molar-refractivity contribution in [2.24, 2.45) is 0 Å². The Morgan fingerprint density at radius 1 is 1.00 bits per heavy atom. The van der Waals surface area contributed by atoms with Crippen LogP contribution in [0, 0.1) is 0 Å². The van der Waals surface area contributed by atoms with Gasteiger partial charge in [-0.15, -0.1) is 0 Å². The summed E-state index contributed by atoms with van der Waals surface area (Å²) in [7, 11) is 0. The van der Waals surface area contributed by atoms with Crippen LogP contribution in [-0.2, 0) is 16.0 Å². The van der Waals surface area contributed by atoms with E-state index in [9.17, 15) is 19.8 Å². The molecule has 0 aliphatic heterocycles. The molecule has 0 radical (unpaired) electrons. The fraction of sp³-hybridized carbons (Fsp3) is 0.250. The van der Waals surface area contributed by atoms with E-state index in [0.29, 0.717) is 6.42 Å². The summed E-state index contributed by atoms with van der Waals surface area (Å²) in [5.41, 5.74) is 3.22. The van der Waals surface area contributed by atoms with Crippen LogP contribution in [0.2, 0.25) is 0 Å². The molecular weight excluding hydrogens is 410 g/mol. The molecule has 1 heterocycles. The van der Waals surface area contributed by atoms with Gasteiger partial charge in [0.15, 0.2) is 6.10 Å². The normalized spacial score (nSPS) is 12.6. The van der Waals surface area contributed by atoms with Crippen molar-refractivity contribution >= 4 is 11.9 Å². The number of esters is 1. The largest absolute Gasteiger partial charge is 0.479 e. The number of aliphatic hydroxyl groups excluding tert-OH is 1. The summed E-state index contributed by atoms with van der Waals surface area (Å²) >= 11 is 0. The highest BCUT2D eigenvalue weighted by Crippen LogP contribution is 2.20. The average molecular weight is 435 g/mol. The third-order valence-corrected chi connectivity index (χ3v) is 4.85. The van der Waals surface area contributed by atoms with Gasteiger partial charge < -0.3 is 20.3 Å². The Morgan fingerprint density at radius 2 is 1.62 bits per heavy atom. The lowest BCUT2D eigenvalue weighted by Gasteiger charge is -2.21. The van der Waals surface area contributed by atoms with Crippen LogP contribution in [0.3, 0.4) is 0 Å². The van der Waals surface area contributed by atoms with E-state index in [4.69, 9.17) is 4.74 Å². The molecule has 166 valence electrons. The van der Waals surface area contributed by atoms with Crippen LogP contribution in [0.4, 0.5) is 0 Å². The van der Waals surface area contributed by atoms with Gasteiger partial charge in [-0.05, 0) is 30.0 Å². The minimum absolute atomic E-state index is 0.0239. The number of carbonyl (C=O) groups excluding carboxylic acids is 2. The number of nitrogens with one attached hydrogen (secondary N) is 1. The maximum Gasteiger partial charge on any atom is 0.335 e. The average Bonchev–Trinajstić information content (AvgIpc) is 2.80. The van der Waals surface area contributed by atoms with Crippen LogP contribution in [0.1, 0.15) is 29.3 Å². The molecule has 0 aliphatic rings. The molecule has 0 bridgehead atoms. The number of aliphatic hydroxyl groups is 1. The molecular formula is C24H25N3O5. The lowest BCUT2D eigenvalue weighted by Crippen LogP contribution is -2.41. The van der Waals surface area contributed by atoms with Gasteiger partial charge in [0.05, 0.1) is 12.2 Å². The van der Waals surface area contributed by atoms with Crippen molar-refractivity contribution in [3.05, 3.63) is 78.1 Å². The van der Waals surface area contributed by atoms with E-state index in [-0.39, 0.29) is 18.6 Å². The Kier molecular flexibility index (Phi) is 7.88. The first-order chi connectivity index (χ1) is 15.5. The van der Waals surface area contributed by atoms with E-state index in [1.54, 1.807) is 6.92 Å². The molecule has 3 rings (SSSR count). The van der Waals surface area contributed by atoms with Gasteiger partial charge in [-0.3, -0.25) is 4.79 Å². The Hall–Kier alpha value is -3.78. The molecule has 0 unspecified atom stereocenters. The van der Waals surface area contributed by atoms with Crippen LogP contribution >= 0.6 is 0 Å². The molecule has 1 amide bonds. The molecule has 3 N–H and O–H groups in total. The van der Waals surface area contributed by atoms with E-state index in [0.717, 1.165) is 16.7 Å². The Balaban J connectivity index is 1.74. The highest BCUT2D eigenvalue weighted by Gasteiger charge is 2.24. The van der Waals surface area contributed by atoms with Crippen molar-refractivity contribution in [3.63, 3.8) is 0 Å². The van der Waals surface area contributed by atoms with E-state index in [1.165, 1.54) is 12.4 Å². The smallest absolute Gasteiger partial charge is 0.335 e. The van der Waals surface area contributed by atoms with Crippen LogP contribution in [-0.4, -0.2) is 50.8 Å². The number of nitrogens with zero attached hydrogens (tertiary/aromatic N) is 2. The van der Waals surface area contributed by atoms with Gasteiger partial charge in [-0.1, -0.05) is 54.6 Å². The van der Waals surface area contributed by atoms with Gasteiger partial charge in [0.1, 0.15) is 0 Å². The highest BCUT2D eigenvalue weighted by molar-refractivity contribution is 5.93.